The molecule has 25 nitrogen and oxygen atoms in total. The number of nitrogens with one attached hydrogen (secondary N) is 4. The second-order valence-corrected chi connectivity index (χ2v) is 25.7. The molecule has 2 saturated heterocycles. The van der Waals surface area contributed by atoms with Gasteiger partial charge in [0.2, 0.25) is 53.2 Å². The normalized spacial score (nSPS) is 18.5. The molecule has 12 atom stereocenters. The van der Waals surface area contributed by atoms with Gasteiger partial charge in [-0.3, -0.25) is 57.6 Å². The van der Waals surface area contributed by atoms with E-state index in [9.17, 15) is 52.7 Å². The number of carboxylic acid groups (broad SMARTS) is 2. The number of ether oxygens (including phenoxy) is 2. The SMILES string of the molecule is CC[C@H](C)C([C@@H](CC(=O)N1CCCC1[C@H](OC)[C@@H](C)C(=O)N[C@@H](Cc1ccccc1)c1nccs1)OC)N(C)C(=O)[C@@H](NC(=O)C(C(C)C)N(C)C(=O)CCCCCN1C(=O)CC(SC[C@H](NC(=O)CC[C@H](N)C(=O)O)C(=O)NCC(=O)O)C1=O)C(C)C. The Labute approximate surface area is 525 Å². The summed E-state index contributed by atoms with van der Waals surface area (Å²) in [4.78, 5) is 156. The van der Waals surface area contributed by atoms with Crippen molar-refractivity contribution in [2.45, 2.75) is 185 Å². The molecule has 4 rings (SSSR count). The molecule has 3 heterocycles. The van der Waals surface area contributed by atoms with Gasteiger partial charge in [-0.1, -0.05) is 91.6 Å². The third-order valence-electron chi connectivity index (χ3n) is 16.6. The van der Waals surface area contributed by atoms with Crippen LogP contribution in [0.25, 0.3) is 0 Å². The Balaban J connectivity index is 1.34. The average Bonchev–Trinajstić information content (AvgIpc) is 1.81. The zero-order chi connectivity index (χ0) is 65.5. The highest BCUT2D eigenvalue weighted by Crippen LogP contribution is 2.32. The molecular weight excluding hydrogens is 1180 g/mol. The van der Waals surface area contributed by atoms with Gasteiger partial charge >= 0.3 is 11.9 Å². The maximum absolute atomic E-state index is 14.8. The van der Waals surface area contributed by atoms with E-state index in [1.165, 1.54) is 30.4 Å². The van der Waals surface area contributed by atoms with Gasteiger partial charge in [-0.05, 0) is 61.8 Å². The zero-order valence-electron chi connectivity index (χ0n) is 52.8. The fourth-order valence-electron chi connectivity index (χ4n) is 11.4. The number of aliphatic carboxylic acids is 2. The zero-order valence-corrected chi connectivity index (χ0v) is 54.4. The largest absolute Gasteiger partial charge is 0.480 e. The molecule has 1 aromatic carbocycles. The maximum Gasteiger partial charge on any atom is 0.322 e. The van der Waals surface area contributed by atoms with Crippen molar-refractivity contribution in [3.05, 3.63) is 52.5 Å². The lowest BCUT2D eigenvalue weighted by Crippen LogP contribution is -2.60. The topological polar surface area (TPSA) is 347 Å². The van der Waals surface area contributed by atoms with Crippen molar-refractivity contribution in [1.82, 2.24) is 45.9 Å². The molecular formula is C61H94N10O15S2. The smallest absolute Gasteiger partial charge is 0.322 e. The van der Waals surface area contributed by atoms with Crippen LogP contribution in [0.15, 0.2) is 41.9 Å². The van der Waals surface area contributed by atoms with Crippen LogP contribution in [0.4, 0.5) is 0 Å². The first-order chi connectivity index (χ1) is 41.7. The van der Waals surface area contributed by atoms with Crippen LogP contribution in [0.1, 0.15) is 136 Å². The highest BCUT2D eigenvalue weighted by Gasteiger charge is 2.45. The fraction of sp³-hybridized carbons (Fsp3) is 0.672. The first-order valence-corrected chi connectivity index (χ1v) is 32.2. The predicted molar refractivity (Wildman–Crippen MR) is 331 cm³/mol. The number of thiazole rings is 1. The number of aromatic nitrogens is 1. The maximum atomic E-state index is 14.8. The molecule has 88 heavy (non-hydrogen) atoms. The summed E-state index contributed by atoms with van der Waals surface area (Å²) in [6.07, 6.45) is 3.19. The van der Waals surface area contributed by atoms with Crippen molar-refractivity contribution in [3.63, 3.8) is 0 Å². The molecule has 0 radical (unpaired) electrons. The van der Waals surface area contributed by atoms with E-state index < -0.39 is 119 Å². The number of carbonyl (C=O) groups is 11. The first-order valence-electron chi connectivity index (χ1n) is 30.3. The van der Waals surface area contributed by atoms with Crippen LogP contribution in [-0.2, 0) is 68.6 Å². The number of imide groups is 1. The van der Waals surface area contributed by atoms with E-state index in [4.69, 9.17) is 25.4 Å². The molecule has 490 valence electrons. The predicted octanol–water partition coefficient (Wildman–Crippen LogP) is 3.39. The number of likely N-dealkylation sites (tertiary alicyclic amines) is 2. The van der Waals surface area contributed by atoms with E-state index in [1.807, 2.05) is 70.3 Å². The molecule has 0 saturated carbocycles. The van der Waals surface area contributed by atoms with Crippen LogP contribution in [0.2, 0.25) is 0 Å². The lowest BCUT2D eigenvalue weighted by Gasteiger charge is -2.41. The Bertz CT molecular complexity index is 2670. The monoisotopic (exact) mass is 1270 g/mol. The number of benzene rings is 1. The Morgan fingerprint density at radius 2 is 1.56 bits per heavy atom. The van der Waals surface area contributed by atoms with Crippen LogP contribution < -0.4 is 27.0 Å². The molecule has 2 aromatic rings. The van der Waals surface area contributed by atoms with Gasteiger partial charge in [0, 0.05) is 78.0 Å². The van der Waals surface area contributed by atoms with E-state index in [2.05, 4.69) is 26.3 Å². The Morgan fingerprint density at radius 3 is 2.15 bits per heavy atom. The van der Waals surface area contributed by atoms with Crippen molar-refractivity contribution in [1.29, 1.82) is 0 Å². The van der Waals surface area contributed by atoms with Crippen molar-refractivity contribution >= 4 is 88.2 Å². The van der Waals surface area contributed by atoms with Crippen LogP contribution in [0, 0.1) is 23.7 Å². The number of hydrogen-bond donors (Lipinski definition) is 7. The summed E-state index contributed by atoms with van der Waals surface area (Å²) < 4.78 is 12.2. The van der Waals surface area contributed by atoms with Crippen molar-refractivity contribution in [2.24, 2.45) is 29.4 Å². The molecule has 4 unspecified atom stereocenters. The summed E-state index contributed by atoms with van der Waals surface area (Å²) in [7, 11) is 6.25. The van der Waals surface area contributed by atoms with Gasteiger partial charge in [-0.2, -0.15) is 0 Å². The van der Waals surface area contributed by atoms with E-state index >= 15 is 0 Å². The summed E-state index contributed by atoms with van der Waals surface area (Å²) in [6, 6.07) is 3.85. The number of unbranched alkanes of at least 4 members (excludes halogenated alkanes) is 2. The number of nitrogens with two attached hydrogens (primary N) is 1. The highest BCUT2D eigenvalue weighted by atomic mass is 32.2. The van der Waals surface area contributed by atoms with Crippen LogP contribution in [0.5, 0.6) is 0 Å². The van der Waals surface area contributed by atoms with Crippen LogP contribution in [-0.4, -0.2) is 207 Å². The van der Waals surface area contributed by atoms with Gasteiger partial charge in [0.25, 0.3) is 0 Å². The molecule has 0 aliphatic carbocycles. The summed E-state index contributed by atoms with van der Waals surface area (Å²) in [5, 5.41) is 30.6. The van der Waals surface area contributed by atoms with Gasteiger partial charge in [0.05, 0.1) is 47.9 Å². The van der Waals surface area contributed by atoms with Crippen molar-refractivity contribution in [2.75, 3.05) is 53.7 Å². The molecule has 1 aromatic heterocycles. The number of nitrogens with zero attached hydrogens (tertiary/aromatic N) is 5. The lowest BCUT2D eigenvalue weighted by atomic mass is 9.89. The van der Waals surface area contributed by atoms with Crippen molar-refractivity contribution in [3.8, 4) is 0 Å². The molecule has 2 aliphatic rings. The number of carboxylic acids is 2. The quantitative estimate of drug-likeness (QED) is 0.0374. The number of hydrogen-bond acceptors (Lipinski definition) is 17. The minimum atomic E-state index is -1.34. The number of thioether (sulfide) groups is 1. The van der Waals surface area contributed by atoms with Crippen LogP contribution >= 0.6 is 23.1 Å². The molecule has 2 aliphatic heterocycles. The summed E-state index contributed by atoms with van der Waals surface area (Å²) in [6.45, 7) is 12.8. The van der Waals surface area contributed by atoms with Crippen LogP contribution in [0.3, 0.4) is 0 Å². The Kier molecular flexibility index (Phi) is 30.4. The summed E-state index contributed by atoms with van der Waals surface area (Å²) in [5.74, 6) is -8.65. The minimum absolute atomic E-state index is 0.0395. The number of carbonyl (C=O) groups excluding carboxylic acids is 9. The number of rotatable bonds is 38. The third-order valence-corrected chi connectivity index (χ3v) is 18.7. The Hall–Kier alpha value is -6.55. The molecule has 8 N–H and O–H groups in total. The standard InChI is InChI=1S/C61H94N10O15S2/c1-12-37(6)53(44(85-10)31-48(74)70-28-19-22-43(70)54(86-11)38(7)55(78)66-41(58-63-26-29-87-58)30-39-20-15-13-16-21-39)69(9)60(82)51(35(2)3)67-57(80)52(36(4)5)68(8)47(73)23-17-14-18-27-71-49(75)32-45(59(71)81)88-34-42(56(79)64-33-50(76)77)65-46(72)25-24-40(62)61(83)84/h13,15-16,20-21,26,29,35-38,40-45,51-54H,12,14,17-19,22-25,27-28,30-34,62H2,1-11H3,(H,64,79)(H,65,72)(H,66,78)(H,67,80)(H,76,77)(H,83,84)/t37-,38+,40-,41-,42-,43?,44+,45?,51-,52?,53?,54+/m0/s1. The second kappa shape index (κ2) is 36.2. The van der Waals surface area contributed by atoms with Gasteiger partial charge < -0.3 is 61.4 Å². The van der Waals surface area contributed by atoms with Gasteiger partial charge in [0.1, 0.15) is 35.7 Å². The highest BCUT2D eigenvalue weighted by molar-refractivity contribution is 8.00. The third kappa shape index (κ3) is 21.3. The molecule has 9 amide bonds. The van der Waals surface area contributed by atoms with Crippen molar-refractivity contribution < 1.29 is 72.4 Å². The summed E-state index contributed by atoms with van der Waals surface area (Å²) in [5.41, 5.74) is 6.53. The van der Waals surface area contributed by atoms with E-state index in [0.29, 0.717) is 51.5 Å². The average molecular weight is 1270 g/mol. The summed E-state index contributed by atoms with van der Waals surface area (Å²) >= 11 is 2.40. The van der Waals surface area contributed by atoms with E-state index in [-0.39, 0.29) is 80.0 Å². The number of amides is 9. The lowest BCUT2D eigenvalue weighted by molar-refractivity contribution is -0.148. The molecule has 0 spiro atoms. The Morgan fingerprint density at radius 1 is 0.864 bits per heavy atom. The molecule has 2 fully saturated rings. The van der Waals surface area contributed by atoms with E-state index in [0.717, 1.165) is 27.2 Å². The van der Waals surface area contributed by atoms with Gasteiger partial charge in [-0.25, -0.2) is 4.98 Å². The fourth-order valence-corrected chi connectivity index (χ4v) is 13.3. The van der Waals surface area contributed by atoms with E-state index in [1.54, 1.807) is 44.0 Å². The van der Waals surface area contributed by atoms with Gasteiger partial charge in [-0.15, -0.1) is 23.1 Å². The second-order valence-electron chi connectivity index (χ2n) is 23.6. The molecule has 27 heteroatoms. The number of methoxy groups -OCH3 is 2. The van der Waals surface area contributed by atoms with Gasteiger partial charge in [0.15, 0.2) is 0 Å². The first kappa shape index (κ1) is 73.9. The number of likely N-dealkylation sites (N-methyl/N-ethyl adjacent to an activating group) is 2. The minimum Gasteiger partial charge on any atom is -0.480 e. The molecule has 0 bridgehead atoms.